The van der Waals surface area contributed by atoms with E-state index in [0.29, 0.717) is 15.6 Å². The van der Waals surface area contributed by atoms with Gasteiger partial charge >= 0.3 is 5.97 Å². The van der Waals surface area contributed by atoms with Gasteiger partial charge in [-0.15, -0.1) is 0 Å². The van der Waals surface area contributed by atoms with Gasteiger partial charge in [-0.25, -0.2) is 9.97 Å². The normalized spacial score (nSPS) is 11.9. The van der Waals surface area contributed by atoms with Crippen LogP contribution >= 0.6 is 23.2 Å². The maximum atomic E-state index is 12.4. The molecule has 8 nitrogen and oxygen atoms in total. The summed E-state index contributed by atoms with van der Waals surface area (Å²) in [4.78, 5) is 31.4. The number of rotatable bonds is 8. The van der Waals surface area contributed by atoms with Crippen LogP contribution in [0.25, 0.3) is 33.3 Å². The first-order chi connectivity index (χ1) is 18.8. The molecule has 0 saturated carbocycles. The number of carbonyl (C=O) groups excluding carboxylic acids is 1. The summed E-state index contributed by atoms with van der Waals surface area (Å²) >= 11 is 12.6. The number of carboxylic acid groups (broad SMARTS) is 1. The maximum absolute atomic E-state index is 12.4. The molecule has 5 rings (SSSR count). The lowest BCUT2D eigenvalue weighted by Gasteiger charge is -2.15. The molecule has 0 saturated heterocycles. The zero-order valence-electron chi connectivity index (χ0n) is 20.8. The standard InChI is InChI=1S/C29H23Cl2N5O3/c1-17(18-2-4-19(5-3-18)29(39)34-9-8-27(37)38)36-26-12-20(22-14-32-16-33-15-22)6-7-25(26)28(35-36)21-10-23(30)13-24(31)11-21/h2-7,10-17H,8-9H2,1H3,(H,34,39)(H,37,38)/t17-/m0/s1. The summed E-state index contributed by atoms with van der Waals surface area (Å²) in [6.07, 6.45) is 4.88. The first-order valence-corrected chi connectivity index (χ1v) is 12.9. The topological polar surface area (TPSA) is 110 Å². The fraction of sp³-hybridized carbons (Fsp3) is 0.138. The number of fused-ring (bicyclic) bond motifs is 1. The van der Waals surface area contributed by atoms with Crippen LogP contribution in [0.2, 0.25) is 10.0 Å². The second-order valence-corrected chi connectivity index (χ2v) is 9.88. The maximum Gasteiger partial charge on any atom is 0.305 e. The number of aromatic nitrogens is 4. The lowest BCUT2D eigenvalue weighted by molar-refractivity contribution is -0.136. The van der Waals surface area contributed by atoms with Crippen LogP contribution in [-0.4, -0.2) is 43.3 Å². The molecule has 3 aromatic carbocycles. The lowest BCUT2D eigenvalue weighted by Crippen LogP contribution is -2.26. The van der Waals surface area contributed by atoms with Gasteiger partial charge in [0, 0.05) is 51.1 Å². The summed E-state index contributed by atoms with van der Waals surface area (Å²) in [5.41, 5.74) is 5.64. The fourth-order valence-corrected chi connectivity index (χ4v) is 4.93. The Morgan fingerprint density at radius 2 is 1.62 bits per heavy atom. The third-order valence-electron chi connectivity index (χ3n) is 6.38. The second kappa shape index (κ2) is 11.2. The van der Waals surface area contributed by atoms with Gasteiger partial charge in [0.15, 0.2) is 0 Å². The summed E-state index contributed by atoms with van der Waals surface area (Å²) in [5, 5.41) is 18.4. The number of amides is 1. The molecule has 0 aliphatic rings. The first-order valence-electron chi connectivity index (χ1n) is 12.1. The molecule has 2 heterocycles. The molecule has 39 heavy (non-hydrogen) atoms. The average Bonchev–Trinajstić information content (AvgIpc) is 3.31. The van der Waals surface area contributed by atoms with Crippen molar-refractivity contribution in [3.8, 4) is 22.4 Å². The zero-order valence-corrected chi connectivity index (χ0v) is 22.3. The number of hydrogen-bond acceptors (Lipinski definition) is 5. The number of nitrogens with zero attached hydrogens (tertiary/aromatic N) is 4. The van der Waals surface area contributed by atoms with Gasteiger partial charge in [-0.2, -0.15) is 5.10 Å². The van der Waals surface area contributed by atoms with Gasteiger partial charge in [-0.05, 0) is 60.5 Å². The van der Waals surface area contributed by atoms with Crippen LogP contribution in [-0.2, 0) is 4.79 Å². The molecule has 196 valence electrons. The van der Waals surface area contributed by atoms with E-state index in [0.717, 1.165) is 38.9 Å². The highest BCUT2D eigenvalue weighted by molar-refractivity contribution is 6.35. The van der Waals surface area contributed by atoms with E-state index >= 15 is 0 Å². The smallest absolute Gasteiger partial charge is 0.305 e. The van der Waals surface area contributed by atoms with Crippen LogP contribution in [0.3, 0.4) is 0 Å². The van der Waals surface area contributed by atoms with Crippen molar-refractivity contribution in [1.29, 1.82) is 0 Å². The van der Waals surface area contributed by atoms with Gasteiger partial charge < -0.3 is 10.4 Å². The summed E-state index contributed by atoms with van der Waals surface area (Å²) in [5.74, 6) is -1.29. The zero-order chi connectivity index (χ0) is 27.5. The third kappa shape index (κ3) is 5.77. The quantitative estimate of drug-likeness (QED) is 0.231. The summed E-state index contributed by atoms with van der Waals surface area (Å²) in [6.45, 7) is 2.10. The Labute approximate surface area is 234 Å². The van der Waals surface area contributed by atoms with Gasteiger partial charge in [0.25, 0.3) is 5.91 Å². The Morgan fingerprint density at radius 1 is 0.923 bits per heavy atom. The largest absolute Gasteiger partial charge is 0.481 e. The average molecular weight is 560 g/mol. The minimum Gasteiger partial charge on any atom is -0.481 e. The molecule has 2 aromatic heterocycles. The van der Waals surface area contributed by atoms with Crippen LogP contribution < -0.4 is 5.32 Å². The van der Waals surface area contributed by atoms with Crippen LogP contribution in [0.5, 0.6) is 0 Å². The molecule has 2 N–H and O–H groups in total. The van der Waals surface area contributed by atoms with Crippen molar-refractivity contribution in [2.45, 2.75) is 19.4 Å². The number of nitrogens with one attached hydrogen (secondary N) is 1. The minimum atomic E-state index is -0.965. The van der Waals surface area contributed by atoms with E-state index in [1.807, 2.05) is 48.0 Å². The monoisotopic (exact) mass is 559 g/mol. The van der Waals surface area contributed by atoms with Crippen molar-refractivity contribution < 1.29 is 14.7 Å². The van der Waals surface area contributed by atoms with Gasteiger partial charge in [-0.3, -0.25) is 14.3 Å². The predicted octanol–water partition coefficient (Wildman–Crippen LogP) is 6.28. The van der Waals surface area contributed by atoms with E-state index in [-0.39, 0.29) is 24.9 Å². The van der Waals surface area contributed by atoms with Gasteiger partial charge in [0.1, 0.15) is 12.0 Å². The summed E-state index contributed by atoms with van der Waals surface area (Å²) in [6, 6.07) is 18.4. The highest BCUT2D eigenvalue weighted by Crippen LogP contribution is 2.36. The lowest BCUT2D eigenvalue weighted by atomic mass is 10.0. The highest BCUT2D eigenvalue weighted by Gasteiger charge is 2.19. The van der Waals surface area contributed by atoms with E-state index in [1.165, 1.54) is 6.33 Å². The second-order valence-electron chi connectivity index (χ2n) is 9.01. The Morgan fingerprint density at radius 3 is 2.28 bits per heavy atom. The first kappa shape index (κ1) is 26.3. The van der Waals surface area contributed by atoms with E-state index in [4.69, 9.17) is 33.4 Å². The van der Waals surface area contributed by atoms with Gasteiger partial charge in [0.05, 0.1) is 18.0 Å². The number of halogens is 2. The van der Waals surface area contributed by atoms with Crippen LogP contribution in [0.4, 0.5) is 0 Å². The van der Waals surface area contributed by atoms with Crippen LogP contribution in [0.1, 0.15) is 35.3 Å². The number of aliphatic carboxylic acids is 1. The molecule has 1 atom stereocenters. The summed E-state index contributed by atoms with van der Waals surface area (Å²) < 4.78 is 1.94. The van der Waals surface area contributed by atoms with Gasteiger partial charge in [0.2, 0.25) is 0 Å². The molecule has 5 aromatic rings. The molecule has 0 spiro atoms. The Balaban J connectivity index is 1.55. The van der Waals surface area contributed by atoms with Crippen molar-refractivity contribution in [1.82, 2.24) is 25.1 Å². The van der Waals surface area contributed by atoms with Crippen LogP contribution in [0.15, 0.2) is 79.4 Å². The van der Waals surface area contributed by atoms with E-state index in [9.17, 15) is 9.59 Å². The highest BCUT2D eigenvalue weighted by atomic mass is 35.5. The molecular formula is C29H23Cl2N5O3. The molecule has 0 unspecified atom stereocenters. The molecule has 0 radical (unpaired) electrons. The van der Waals surface area contributed by atoms with Crippen molar-refractivity contribution >= 4 is 46.0 Å². The summed E-state index contributed by atoms with van der Waals surface area (Å²) in [7, 11) is 0. The van der Waals surface area contributed by atoms with Crippen molar-refractivity contribution in [2.24, 2.45) is 0 Å². The van der Waals surface area contributed by atoms with E-state index < -0.39 is 5.97 Å². The van der Waals surface area contributed by atoms with Crippen molar-refractivity contribution in [2.75, 3.05) is 6.54 Å². The molecule has 0 aliphatic carbocycles. The molecular weight excluding hydrogens is 537 g/mol. The molecule has 0 fully saturated rings. The molecule has 0 aliphatic heterocycles. The van der Waals surface area contributed by atoms with Crippen LogP contribution in [0, 0.1) is 0 Å². The minimum absolute atomic E-state index is 0.0662. The third-order valence-corrected chi connectivity index (χ3v) is 6.82. The van der Waals surface area contributed by atoms with Crippen molar-refractivity contribution in [3.05, 3.63) is 101 Å². The number of carboxylic acids is 1. The predicted molar refractivity (Wildman–Crippen MR) is 151 cm³/mol. The van der Waals surface area contributed by atoms with E-state index in [2.05, 4.69) is 21.4 Å². The van der Waals surface area contributed by atoms with Gasteiger partial charge in [-0.1, -0.05) is 41.4 Å². The van der Waals surface area contributed by atoms with E-state index in [1.54, 1.807) is 30.6 Å². The number of benzene rings is 3. The molecule has 0 bridgehead atoms. The number of hydrogen-bond donors (Lipinski definition) is 2. The fourth-order valence-electron chi connectivity index (χ4n) is 4.40. The Hall–Kier alpha value is -4.27. The van der Waals surface area contributed by atoms with Crippen molar-refractivity contribution in [3.63, 3.8) is 0 Å². The number of carbonyl (C=O) groups is 2. The molecule has 10 heteroatoms. The SMILES string of the molecule is C[C@@H](c1ccc(C(=O)NCCC(=O)O)cc1)n1nc(-c2cc(Cl)cc(Cl)c2)c2ccc(-c3cncnc3)cc21. The molecule has 1 amide bonds. The Bertz CT molecular complexity index is 1650. The Kier molecular flexibility index (Phi) is 7.58.